The van der Waals surface area contributed by atoms with Gasteiger partial charge in [-0.25, -0.2) is 9.37 Å². The summed E-state index contributed by atoms with van der Waals surface area (Å²) >= 11 is 0. The first-order valence-corrected chi connectivity index (χ1v) is 8.01. The van der Waals surface area contributed by atoms with Crippen molar-refractivity contribution in [2.24, 2.45) is 5.16 Å². The Kier molecular flexibility index (Phi) is 2.91. The molecule has 5 nitrogen and oxygen atoms in total. The molecule has 126 valence electrons. The van der Waals surface area contributed by atoms with Gasteiger partial charge in [0.15, 0.2) is 11.6 Å². The second kappa shape index (κ2) is 5.16. The van der Waals surface area contributed by atoms with E-state index >= 15 is 0 Å². The zero-order chi connectivity index (χ0) is 17.8. The molecule has 0 aliphatic heterocycles. The summed E-state index contributed by atoms with van der Waals surface area (Å²) in [7, 11) is 0. The third-order valence-corrected chi connectivity index (χ3v) is 4.68. The third kappa shape index (κ3) is 1.89. The zero-order valence-corrected chi connectivity index (χ0v) is 13.4. The van der Waals surface area contributed by atoms with Gasteiger partial charge in [-0.3, -0.25) is 0 Å². The number of phenolic OH excluding ortho intramolecular Hbond substituents is 1. The molecule has 0 saturated heterocycles. The normalized spacial score (nSPS) is 14.0. The number of aromatic amines is 1. The van der Waals surface area contributed by atoms with Crippen LogP contribution in [0.2, 0.25) is 0 Å². The highest BCUT2D eigenvalue weighted by Gasteiger charge is 2.28. The smallest absolute Gasteiger partial charge is 0.167 e. The number of oxime groups is 1. The van der Waals surface area contributed by atoms with Crippen LogP contribution < -0.4 is 0 Å². The molecule has 0 saturated carbocycles. The van der Waals surface area contributed by atoms with Gasteiger partial charge in [-0.2, -0.15) is 0 Å². The summed E-state index contributed by atoms with van der Waals surface area (Å²) in [6.07, 6.45) is 0. The van der Waals surface area contributed by atoms with Crippen molar-refractivity contribution in [1.29, 1.82) is 0 Å². The number of benzene rings is 3. The van der Waals surface area contributed by atoms with E-state index in [1.54, 1.807) is 0 Å². The topological polar surface area (TPSA) is 81.5 Å². The molecule has 6 heteroatoms. The first-order chi connectivity index (χ1) is 12.7. The Morgan fingerprint density at radius 2 is 1.65 bits per heavy atom. The number of nitrogens with one attached hydrogen (secondary N) is 1. The predicted molar refractivity (Wildman–Crippen MR) is 96.0 cm³/mol. The van der Waals surface area contributed by atoms with Crippen LogP contribution in [0.1, 0.15) is 11.1 Å². The van der Waals surface area contributed by atoms with Gasteiger partial charge in [-0.15, -0.1) is 0 Å². The average Bonchev–Trinajstić information content (AvgIpc) is 3.20. The van der Waals surface area contributed by atoms with Crippen molar-refractivity contribution >= 4 is 16.7 Å². The summed E-state index contributed by atoms with van der Waals surface area (Å²) < 4.78 is 13.6. The molecule has 0 fully saturated rings. The summed E-state index contributed by atoms with van der Waals surface area (Å²) in [6.45, 7) is 0. The van der Waals surface area contributed by atoms with Gasteiger partial charge in [0.25, 0.3) is 0 Å². The quantitative estimate of drug-likeness (QED) is 0.313. The van der Waals surface area contributed by atoms with Crippen molar-refractivity contribution in [2.45, 2.75) is 0 Å². The molecule has 0 unspecified atom stereocenters. The highest BCUT2D eigenvalue weighted by molar-refractivity contribution is 6.26. The van der Waals surface area contributed by atoms with Gasteiger partial charge in [0, 0.05) is 34.4 Å². The van der Waals surface area contributed by atoms with E-state index in [4.69, 9.17) is 0 Å². The summed E-state index contributed by atoms with van der Waals surface area (Å²) in [6, 6.07) is 15.8. The Bertz CT molecular complexity index is 1190. The molecular formula is C20H12FN3O2. The molecule has 3 aromatic carbocycles. The van der Waals surface area contributed by atoms with Crippen LogP contribution in [0.5, 0.6) is 5.75 Å². The molecule has 0 bridgehead atoms. The standard InChI is InChI=1S/C20H12FN3O2/c21-14-8-15-16(9-17(14)25)23-20(22-15)13-7-3-6-12-18(13)10-4-1-2-5-11(10)19(12)24-26/h1-9,25-26H,(H,22,23)/b24-19-. The number of imidazole rings is 1. The monoisotopic (exact) mass is 345 g/mol. The number of aromatic hydroxyl groups is 1. The van der Waals surface area contributed by atoms with E-state index in [9.17, 15) is 14.7 Å². The minimum Gasteiger partial charge on any atom is -0.505 e. The van der Waals surface area contributed by atoms with Crippen LogP contribution in [0, 0.1) is 5.82 Å². The molecule has 0 spiro atoms. The lowest BCUT2D eigenvalue weighted by Gasteiger charge is -2.06. The van der Waals surface area contributed by atoms with Crippen molar-refractivity contribution in [3.63, 3.8) is 0 Å². The molecule has 0 amide bonds. The number of phenols is 1. The molecule has 5 rings (SSSR count). The average molecular weight is 345 g/mol. The van der Waals surface area contributed by atoms with E-state index in [0.717, 1.165) is 27.8 Å². The van der Waals surface area contributed by atoms with Crippen LogP contribution >= 0.6 is 0 Å². The summed E-state index contributed by atoms with van der Waals surface area (Å²) in [5, 5.41) is 22.5. The number of fused-ring (bicyclic) bond motifs is 4. The second-order valence-corrected chi connectivity index (χ2v) is 6.13. The Morgan fingerprint density at radius 3 is 2.46 bits per heavy atom. The van der Waals surface area contributed by atoms with Crippen molar-refractivity contribution in [3.8, 4) is 28.3 Å². The van der Waals surface area contributed by atoms with Crippen LogP contribution in [0.15, 0.2) is 59.8 Å². The summed E-state index contributed by atoms with van der Waals surface area (Å²) in [5.41, 5.74) is 5.79. The maximum absolute atomic E-state index is 13.6. The Hall–Kier alpha value is -3.67. The molecule has 26 heavy (non-hydrogen) atoms. The number of nitrogens with zero attached hydrogens (tertiary/aromatic N) is 2. The maximum atomic E-state index is 13.6. The summed E-state index contributed by atoms with van der Waals surface area (Å²) in [5.74, 6) is -0.587. The molecule has 1 aliphatic carbocycles. The number of hydrogen-bond donors (Lipinski definition) is 3. The Labute approximate surface area is 147 Å². The fraction of sp³-hybridized carbons (Fsp3) is 0. The lowest BCUT2D eigenvalue weighted by molar-refractivity contribution is 0.320. The highest BCUT2D eigenvalue weighted by Crippen LogP contribution is 2.42. The molecule has 1 heterocycles. The number of hydrogen-bond acceptors (Lipinski definition) is 4. The molecule has 1 aliphatic rings. The van der Waals surface area contributed by atoms with E-state index in [1.807, 2.05) is 42.5 Å². The Balaban J connectivity index is 1.81. The SMILES string of the molecule is O/N=C1/c2ccccc2-c2c1cccc2-c1nc2cc(F)c(O)cc2[nH]1. The minimum atomic E-state index is -0.714. The fourth-order valence-electron chi connectivity index (χ4n) is 3.55. The van der Waals surface area contributed by atoms with Gasteiger partial charge in [-0.05, 0) is 5.56 Å². The molecule has 0 radical (unpaired) electrons. The van der Waals surface area contributed by atoms with E-state index in [-0.39, 0.29) is 0 Å². The molecular weight excluding hydrogens is 333 g/mol. The lowest BCUT2D eigenvalue weighted by Crippen LogP contribution is -1.97. The van der Waals surface area contributed by atoms with E-state index in [2.05, 4.69) is 15.1 Å². The van der Waals surface area contributed by atoms with Crippen LogP contribution in [-0.4, -0.2) is 26.0 Å². The second-order valence-electron chi connectivity index (χ2n) is 6.13. The first-order valence-electron chi connectivity index (χ1n) is 8.01. The number of H-pyrrole nitrogens is 1. The third-order valence-electron chi connectivity index (χ3n) is 4.68. The maximum Gasteiger partial charge on any atom is 0.167 e. The van der Waals surface area contributed by atoms with Crippen LogP contribution in [0.25, 0.3) is 33.5 Å². The zero-order valence-electron chi connectivity index (χ0n) is 13.4. The van der Waals surface area contributed by atoms with Gasteiger partial charge < -0.3 is 15.3 Å². The first kappa shape index (κ1) is 14.7. The van der Waals surface area contributed by atoms with Crippen molar-refractivity contribution in [2.75, 3.05) is 0 Å². The number of rotatable bonds is 1. The molecule has 1 aromatic heterocycles. The van der Waals surface area contributed by atoms with Gasteiger partial charge in [0.2, 0.25) is 0 Å². The summed E-state index contributed by atoms with van der Waals surface area (Å²) in [4.78, 5) is 7.61. The predicted octanol–water partition coefficient (Wildman–Crippen LogP) is 4.28. The van der Waals surface area contributed by atoms with Crippen molar-refractivity contribution in [1.82, 2.24) is 9.97 Å². The van der Waals surface area contributed by atoms with Crippen molar-refractivity contribution < 1.29 is 14.7 Å². The number of aromatic nitrogens is 2. The van der Waals surface area contributed by atoms with Crippen LogP contribution in [0.3, 0.4) is 0 Å². The molecule has 3 N–H and O–H groups in total. The number of halogens is 1. The van der Waals surface area contributed by atoms with Crippen LogP contribution in [-0.2, 0) is 0 Å². The highest BCUT2D eigenvalue weighted by atomic mass is 19.1. The van der Waals surface area contributed by atoms with Crippen LogP contribution in [0.4, 0.5) is 4.39 Å². The molecule has 4 aromatic rings. The largest absolute Gasteiger partial charge is 0.505 e. The van der Waals surface area contributed by atoms with Gasteiger partial charge in [0.05, 0.1) is 11.0 Å². The van der Waals surface area contributed by atoms with Crippen molar-refractivity contribution in [3.05, 3.63) is 71.5 Å². The van der Waals surface area contributed by atoms with Gasteiger partial charge in [-0.1, -0.05) is 47.6 Å². The van der Waals surface area contributed by atoms with E-state index < -0.39 is 11.6 Å². The fourth-order valence-corrected chi connectivity index (χ4v) is 3.55. The van der Waals surface area contributed by atoms with Gasteiger partial charge in [0.1, 0.15) is 11.5 Å². The Morgan fingerprint density at radius 1 is 0.923 bits per heavy atom. The minimum absolute atomic E-state index is 0.425. The van der Waals surface area contributed by atoms with Gasteiger partial charge >= 0.3 is 0 Å². The van der Waals surface area contributed by atoms with E-state index in [1.165, 1.54) is 12.1 Å². The molecule has 0 atom stereocenters. The lowest BCUT2D eigenvalue weighted by atomic mass is 9.99. The van der Waals surface area contributed by atoms with E-state index in [0.29, 0.717) is 22.6 Å².